The fourth-order valence-electron chi connectivity index (χ4n) is 5.38. The molecule has 0 spiro atoms. The number of nitrogens with zero attached hydrogens (tertiary/aromatic N) is 7. The molecule has 2 fully saturated rings. The number of benzene rings is 1. The highest BCUT2D eigenvalue weighted by Crippen LogP contribution is 2.34. The van der Waals surface area contributed by atoms with E-state index in [-0.39, 0.29) is 11.9 Å². The number of aromatic nitrogens is 5. The van der Waals surface area contributed by atoms with Gasteiger partial charge in [-0.15, -0.1) is 0 Å². The normalized spacial score (nSPS) is 22.7. The summed E-state index contributed by atoms with van der Waals surface area (Å²) in [5, 5.41) is 32.1. The fraction of sp³-hybridized carbons (Fsp3) is 0.400. The van der Waals surface area contributed by atoms with E-state index in [1.807, 2.05) is 47.2 Å². The highest BCUT2D eigenvalue weighted by atomic mass is 16.3. The summed E-state index contributed by atoms with van der Waals surface area (Å²) in [6, 6.07) is 9.63. The molecule has 0 bridgehead atoms. The lowest BCUT2D eigenvalue weighted by molar-refractivity contribution is 0.0607. The van der Waals surface area contributed by atoms with Crippen molar-refractivity contribution in [1.29, 1.82) is 5.26 Å². The van der Waals surface area contributed by atoms with Crippen LogP contribution in [0.2, 0.25) is 0 Å². The van der Waals surface area contributed by atoms with Crippen molar-refractivity contribution in [3.8, 4) is 6.07 Å². The molecular formula is C25H26N8O2. The summed E-state index contributed by atoms with van der Waals surface area (Å²) < 4.78 is 1.76. The molecule has 2 aliphatic heterocycles. The number of aromatic amines is 1. The van der Waals surface area contributed by atoms with Crippen molar-refractivity contribution in [2.45, 2.75) is 38.3 Å². The number of anilines is 1. The number of H-pyrrole nitrogens is 1. The van der Waals surface area contributed by atoms with Crippen molar-refractivity contribution in [3.63, 3.8) is 0 Å². The summed E-state index contributed by atoms with van der Waals surface area (Å²) in [6.45, 7) is 3.46. The average molecular weight is 471 g/mol. The van der Waals surface area contributed by atoms with Crippen LogP contribution in [-0.2, 0) is 0 Å². The minimum Gasteiger partial charge on any atom is -0.390 e. The molecule has 0 aliphatic carbocycles. The predicted octanol–water partition coefficient (Wildman–Crippen LogP) is 2.60. The molecule has 6 rings (SSSR count). The number of aryl methyl sites for hydroxylation is 1. The molecule has 0 radical (unpaired) electrons. The molecule has 10 nitrogen and oxygen atoms in total. The number of likely N-dealkylation sites (tertiary alicyclic amines) is 1. The first-order valence-corrected chi connectivity index (χ1v) is 12.0. The third-order valence-corrected chi connectivity index (χ3v) is 7.20. The maximum atomic E-state index is 13.7. The minimum absolute atomic E-state index is 0.0165. The number of aliphatic hydroxyl groups excluding tert-OH is 1. The van der Waals surface area contributed by atoms with Gasteiger partial charge in [-0.2, -0.15) is 15.5 Å². The molecule has 0 unspecified atom stereocenters. The van der Waals surface area contributed by atoms with E-state index in [9.17, 15) is 15.2 Å². The second kappa shape index (κ2) is 8.36. The molecule has 3 atom stereocenters. The number of nitriles is 1. The standard InChI is InChI=1S/C25H26N8O2/c1-15-12-33-23(28-24(15)31-13-16(10-26)22(34)14-31)9-20(30-33)21-7-2-3-8-32(21)25(35)17-5-4-6-19-18(17)11-27-29-19/h4-6,9,11-12,16,21-22,34H,2-3,7-8,13-14H2,1H3,(H,27,29)/t16-,21+,22+/m1/s1. The number of rotatable bonds is 3. The number of fused-ring (bicyclic) bond motifs is 2. The van der Waals surface area contributed by atoms with Crippen molar-refractivity contribution < 1.29 is 9.90 Å². The van der Waals surface area contributed by atoms with Gasteiger partial charge in [-0.3, -0.25) is 9.89 Å². The Hall–Kier alpha value is -3.97. The molecule has 178 valence electrons. The van der Waals surface area contributed by atoms with E-state index in [1.54, 1.807) is 10.7 Å². The van der Waals surface area contributed by atoms with E-state index in [1.165, 1.54) is 0 Å². The Morgan fingerprint density at radius 1 is 1.29 bits per heavy atom. The Balaban J connectivity index is 1.34. The van der Waals surface area contributed by atoms with Gasteiger partial charge in [0, 0.05) is 42.8 Å². The molecule has 2 saturated heterocycles. The number of hydrogen-bond donors (Lipinski definition) is 2. The molecule has 10 heteroatoms. The lowest BCUT2D eigenvalue weighted by Crippen LogP contribution is -2.38. The number of aliphatic hydroxyl groups is 1. The Morgan fingerprint density at radius 2 is 2.17 bits per heavy atom. The summed E-state index contributed by atoms with van der Waals surface area (Å²) in [7, 11) is 0. The van der Waals surface area contributed by atoms with Crippen LogP contribution in [0.3, 0.4) is 0 Å². The Kier molecular flexibility index (Phi) is 5.15. The molecule has 0 saturated carbocycles. The number of amides is 1. The first-order chi connectivity index (χ1) is 17.0. The van der Waals surface area contributed by atoms with Crippen LogP contribution in [0, 0.1) is 24.2 Å². The summed E-state index contributed by atoms with van der Waals surface area (Å²) in [5.74, 6) is 0.315. The van der Waals surface area contributed by atoms with E-state index in [4.69, 9.17) is 10.1 Å². The Morgan fingerprint density at radius 3 is 3.00 bits per heavy atom. The number of piperidine rings is 1. The SMILES string of the molecule is Cc1cn2nc([C@@H]3CCCCN3C(=O)c3cccc4[nH]ncc34)cc2nc1N1C[C@@H](C#N)[C@@H](O)C1. The van der Waals surface area contributed by atoms with Gasteiger partial charge >= 0.3 is 0 Å². The zero-order chi connectivity index (χ0) is 24.1. The van der Waals surface area contributed by atoms with Crippen LogP contribution in [0.15, 0.2) is 36.7 Å². The molecular weight excluding hydrogens is 444 g/mol. The molecule has 2 N–H and O–H groups in total. The highest BCUT2D eigenvalue weighted by Gasteiger charge is 2.34. The van der Waals surface area contributed by atoms with Gasteiger partial charge in [0.15, 0.2) is 5.65 Å². The van der Waals surface area contributed by atoms with Gasteiger partial charge in [0.25, 0.3) is 5.91 Å². The van der Waals surface area contributed by atoms with Gasteiger partial charge in [0.05, 0.1) is 47.1 Å². The van der Waals surface area contributed by atoms with Crippen LogP contribution in [0.25, 0.3) is 16.6 Å². The quantitative estimate of drug-likeness (QED) is 0.471. The third-order valence-electron chi connectivity index (χ3n) is 7.20. The summed E-state index contributed by atoms with van der Waals surface area (Å²) in [4.78, 5) is 22.4. The van der Waals surface area contributed by atoms with Gasteiger partial charge in [-0.25, -0.2) is 9.50 Å². The molecule has 4 aromatic rings. The molecule has 1 amide bonds. The predicted molar refractivity (Wildman–Crippen MR) is 129 cm³/mol. The highest BCUT2D eigenvalue weighted by molar-refractivity contribution is 6.06. The summed E-state index contributed by atoms with van der Waals surface area (Å²) in [6.07, 6.45) is 5.76. The molecule has 5 heterocycles. The van der Waals surface area contributed by atoms with Gasteiger partial charge < -0.3 is 14.9 Å². The van der Waals surface area contributed by atoms with Crippen LogP contribution in [0.4, 0.5) is 5.82 Å². The van der Waals surface area contributed by atoms with Crippen molar-refractivity contribution in [1.82, 2.24) is 29.7 Å². The van der Waals surface area contributed by atoms with Crippen LogP contribution < -0.4 is 4.90 Å². The Bertz CT molecular complexity index is 1470. The molecule has 35 heavy (non-hydrogen) atoms. The van der Waals surface area contributed by atoms with Gasteiger partial charge in [-0.05, 0) is 38.3 Å². The largest absolute Gasteiger partial charge is 0.390 e. The van der Waals surface area contributed by atoms with Crippen LogP contribution >= 0.6 is 0 Å². The minimum atomic E-state index is -0.681. The molecule has 2 aliphatic rings. The zero-order valence-electron chi connectivity index (χ0n) is 19.4. The van der Waals surface area contributed by atoms with Crippen LogP contribution in [-0.4, -0.2) is 66.4 Å². The monoisotopic (exact) mass is 470 g/mol. The van der Waals surface area contributed by atoms with E-state index < -0.39 is 12.0 Å². The third kappa shape index (κ3) is 3.59. The number of carbonyl (C=O) groups is 1. The van der Waals surface area contributed by atoms with Gasteiger partial charge in [-0.1, -0.05) is 6.07 Å². The summed E-state index contributed by atoms with van der Waals surface area (Å²) >= 11 is 0. The molecule has 1 aromatic carbocycles. The van der Waals surface area contributed by atoms with Crippen LogP contribution in [0.5, 0.6) is 0 Å². The number of carbonyl (C=O) groups excluding carboxylic acids is 1. The van der Waals surface area contributed by atoms with Crippen molar-refractivity contribution in [2.24, 2.45) is 5.92 Å². The fourth-order valence-corrected chi connectivity index (χ4v) is 5.38. The molecule has 3 aromatic heterocycles. The summed E-state index contributed by atoms with van der Waals surface area (Å²) in [5.41, 5.74) is 3.90. The van der Waals surface area contributed by atoms with E-state index in [0.717, 1.165) is 47.2 Å². The number of hydrogen-bond acceptors (Lipinski definition) is 7. The van der Waals surface area contributed by atoms with Gasteiger partial charge in [0.2, 0.25) is 0 Å². The Labute approximate surface area is 201 Å². The van der Waals surface area contributed by atoms with Crippen LogP contribution in [0.1, 0.15) is 46.9 Å². The number of nitrogens with one attached hydrogen (secondary N) is 1. The average Bonchev–Trinajstić information content (AvgIpc) is 3.60. The van der Waals surface area contributed by atoms with E-state index in [2.05, 4.69) is 16.3 Å². The maximum Gasteiger partial charge on any atom is 0.255 e. The second-order valence-electron chi connectivity index (χ2n) is 9.47. The van der Waals surface area contributed by atoms with E-state index in [0.29, 0.717) is 30.8 Å². The zero-order valence-corrected chi connectivity index (χ0v) is 19.4. The number of β-amino-alcohol motifs (C(OH)–C–C–N with tert-alkyl or cyclic N) is 1. The van der Waals surface area contributed by atoms with Crippen molar-refractivity contribution in [2.75, 3.05) is 24.5 Å². The van der Waals surface area contributed by atoms with E-state index >= 15 is 0 Å². The topological polar surface area (TPSA) is 126 Å². The lowest BCUT2D eigenvalue weighted by Gasteiger charge is -2.35. The lowest BCUT2D eigenvalue weighted by atomic mass is 9.97. The maximum absolute atomic E-state index is 13.7. The van der Waals surface area contributed by atoms with Gasteiger partial charge in [0.1, 0.15) is 5.82 Å². The first kappa shape index (κ1) is 21.6. The van der Waals surface area contributed by atoms with Crippen molar-refractivity contribution >= 4 is 28.3 Å². The van der Waals surface area contributed by atoms with Crippen molar-refractivity contribution in [3.05, 3.63) is 53.5 Å². The smallest absolute Gasteiger partial charge is 0.255 e. The first-order valence-electron chi connectivity index (χ1n) is 12.0. The second-order valence-corrected chi connectivity index (χ2v) is 9.47.